The van der Waals surface area contributed by atoms with Gasteiger partial charge in [0.2, 0.25) is 10.0 Å². The molecule has 0 aliphatic heterocycles. The highest BCUT2D eigenvalue weighted by Crippen LogP contribution is 2.29. The minimum absolute atomic E-state index is 0.0299. The molecular weight excluding hydrogens is 356 g/mol. The van der Waals surface area contributed by atoms with Crippen LogP contribution in [-0.4, -0.2) is 34.6 Å². The summed E-state index contributed by atoms with van der Waals surface area (Å²) in [5.41, 5.74) is 0.570. The zero-order chi connectivity index (χ0) is 19.3. The summed E-state index contributed by atoms with van der Waals surface area (Å²) < 4.78 is 37.6. The molecule has 26 heavy (non-hydrogen) atoms. The molecule has 0 fully saturated rings. The molecule has 0 saturated heterocycles. The fourth-order valence-corrected chi connectivity index (χ4v) is 3.63. The maximum atomic E-state index is 12.6. The number of amides is 1. The quantitative estimate of drug-likeness (QED) is 0.772. The second kappa shape index (κ2) is 8.20. The Morgan fingerprint density at radius 1 is 1.00 bits per heavy atom. The van der Waals surface area contributed by atoms with E-state index in [9.17, 15) is 13.2 Å². The highest BCUT2D eigenvalue weighted by atomic mass is 32.2. The molecule has 0 aromatic heterocycles. The van der Waals surface area contributed by atoms with Crippen molar-refractivity contribution in [2.24, 2.45) is 0 Å². The number of benzene rings is 2. The molecule has 8 heteroatoms. The van der Waals surface area contributed by atoms with Gasteiger partial charge >= 0.3 is 0 Å². The average molecular weight is 378 g/mol. The largest absolute Gasteiger partial charge is 0.496 e. The number of carbonyl (C=O) groups excluding carboxylic acids is 1. The molecule has 2 N–H and O–H groups in total. The summed E-state index contributed by atoms with van der Waals surface area (Å²) in [5, 5.41) is 2.68. The molecule has 0 aliphatic carbocycles. The number of sulfonamides is 1. The van der Waals surface area contributed by atoms with Crippen molar-refractivity contribution < 1.29 is 22.7 Å². The highest BCUT2D eigenvalue weighted by molar-refractivity contribution is 7.89. The van der Waals surface area contributed by atoms with Gasteiger partial charge in [-0.25, -0.2) is 13.1 Å². The van der Waals surface area contributed by atoms with E-state index in [1.165, 1.54) is 32.4 Å². The van der Waals surface area contributed by atoms with E-state index in [2.05, 4.69) is 10.0 Å². The predicted molar refractivity (Wildman–Crippen MR) is 99.4 cm³/mol. The van der Waals surface area contributed by atoms with Crippen LogP contribution in [0.25, 0.3) is 0 Å². The summed E-state index contributed by atoms with van der Waals surface area (Å²) in [6.45, 7) is 3.46. The van der Waals surface area contributed by atoms with Crippen molar-refractivity contribution in [2.75, 3.05) is 19.5 Å². The van der Waals surface area contributed by atoms with Gasteiger partial charge in [0.1, 0.15) is 11.5 Å². The first kappa shape index (κ1) is 19.7. The summed E-state index contributed by atoms with van der Waals surface area (Å²) in [6, 6.07) is 10.8. The van der Waals surface area contributed by atoms with Gasteiger partial charge < -0.3 is 14.8 Å². The average Bonchev–Trinajstić information content (AvgIpc) is 2.60. The van der Waals surface area contributed by atoms with Crippen molar-refractivity contribution in [3.63, 3.8) is 0 Å². The zero-order valence-electron chi connectivity index (χ0n) is 15.1. The summed E-state index contributed by atoms with van der Waals surface area (Å²) in [4.78, 5) is 12.6. The predicted octanol–water partition coefficient (Wildman–Crippen LogP) is 2.64. The Morgan fingerprint density at radius 3 is 2.27 bits per heavy atom. The third-order valence-corrected chi connectivity index (χ3v) is 5.13. The minimum Gasteiger partial charge on any atom is -0.496 e. The van der Waals surface area contributed by atoms with Crippen LogP contribution < -0.4 is 19.5 Å². The third kappa shape index (κ3) is 4.53. The number of hydrogen-bond acceptors (Lipinski definition) is 5. The minimum atomic E-state index is -3.70. The van der Waals surface area contributed by atoms with Crippen molar-refractivity contribution in [3.8, 4) is 11.5 Å². The number of para-hydroxylation sites is 1. The van der Waals surface area contributed by atoms with Crippen LogP contribution in [-0.2, 0) is 10.0 Å². The number of rotatable bonds is 7. The fourth-order valence-electron chi connectivity index (χ4n) is 2.35. The lowest BCUT2D eigenvalue weighted by molar-refractivity contribution is 0.102. The van der Waals surface area contributed by atoms with Gasteiger partial charge in [-0.15, -0.1) is 0 Å². The van der Waals surface area contributed by atoms with E-state index in [1.54, 1.807) is 38.1 Å². The van der Waals surface area contributed by atoms with Crippen LogP contribution in [0.2, 0.25) is 0 Å². The molecule has 140 valence electrons. The molecule has 0 radical (unpaired) electrons. The maximum absolute atomic E-state index is 12.6. The topological polar surface area (TPSA) is 93.7 Å². The Labute approximate surface area is 153 Å². The first-order chi connectivity index (χ1) is 12.3. The van der Waals surface area contributed by atoms with Crippen molar-refractivity contribution in [3.05, 3.63) is 48.0 Å². The SMILES string of the molecule is COc1ccc(S(=O)(=O)NC(C)C)cc1NC(=O)c1ccccc1OC. The Bertz CT molecular complexity index is 894. The molecule has 0 saturated carbocycles. The molecule has 7 nitrogen and oxygen atoms in total. The van der Waals surface area contributed by atoms with E-state index < -0.39 is 15.9 Å². The van der Waals surface area contributed by atoms with Crippen molar-refractivity contribution in [1.29, 1.82) is 0 Å². The summed E-state index contributed by atoms with van der Waals surface area (Å²) >= 11 is 0. The van der Waals surface area contributed by atoms with E-state index in [4.69, 9.17) is 9.47 Å². The Balaban J connectivity index is 2.39. The lowest BCUT2D eigenvalue weighted by Gasteiger charge is -2.15. The molecule has 0 atom stereocenters. The third-order valence-electron chi connectivity index (χ3n) is 3.47. The van der Waals surface area contributed by atoms with Gasteiger partial charge in [0, 0.05) is 6.04 Å². The molecular formula is C18H22N2O5S. The van der Waals surface area contributed by atoms with Gasteiger partial charge in [0.05, 0.1) is 30.4 Å². The number of carbonyl (C=O) groups is 1. The standard InChI is InChI=1S/C18H22N2O5S/c1-12(2)20-26(22,23)13-9-10-17(25-4)15(11-13)19-18(21)14-7-5-6-8-16(14)24-3/h5-12,20H,1-4H3,(H,19,21). The molecule has 1 amide bonds. The maximum Gasteiger partial charge on any atom is 0.259 e. The van der Waals surface area contributed by atoms with Crippen molar-refractivity contribution >= 4 is 21.6 Å². The molecule has 2 rings (SSSR count). The highest BCUT2D eigenvalue weighted by Gasteiger charge is 2.19. The Hall–Kier alpha value is -2.58. The molecule has 2 aromatic carbocycles. The van der Waals surface area contributed by atoms with E-state index in [0.717, 1.165) is 0 Å². The van der Waals surface area contributed by atoms with Crippen LogP contribution in [0.5, 0.6) is 11.5 Å². The molecule has 0 spiro atoms. The molecule has 2 aromatic rings. The van der Waals surface area contributed by atoms with Crippen LogP contribution in [0.15, 0.2) is 47.4 Å². The van der Waals surface area contributed by atoms with Crippen molar-refractivity contribution in [2.45, 2.75) is 24.8 Å². The first-order valence-corrected chi connectivity index (χ1v) is 9.41. The number of hydrogen-bond donors (Lipinski definition) is 2. The van der Waals surface area contributed by atoms with E-state index in [0.29, 0.717) is 17.1 Å². The molecule has 0 bridgehead atoms. The fraction of sp³-hybridized carbons (Fsp3) is 0.278. The summed E-state index contributed by atoms with van der Waals surface area (Å²) in [6.07, 6.45) is 0. The van der Waals surface area contributed by atoms with E-state index >= 15 is 0 Å². The van der Waals surface area contributed by atoms with Crippen LogP contribution in [0.1, 0.15) is 24.2 Å². The van der Waals surface area contributed by atoms with Gasteiger partial charge in [0.15, 0.2) is 0 Å². The van der Waals surface area contributed by atoms with Gasteiger partial charge in [-0.05, 0) is 44.2 Å². The van der Waals surface area contributed by atoms with Crippen molar-refractivity contribution in [1.82, 2.24) is 4.72 Å². The van der Waals surface area contributed by atoms with Gasteiger partial charge in [-0.1, -0.05) is 12.1 Å². The summed E-state index contributed by atoms with van der Waals surface area (Å²) in [5.74, 6) is 0.318. The van der Waals surface area contributed by atoms with E-state index in [-0.39, 0.29) is 16.6 Å². The Kier molecular flexibility index (Phi) is 6.23. The van der Waals surface area contributed by atoms with Gasteiger partial charge in [-0.2, -0.15) is 0 Å². The number of ether oxygens (including phenoxy) is 2. The monoisotopic (exact) mass is 378 g/mol. The number of anilines is 1. The van der Waals surface area contributed by atoms with Gasteiger partial charge in [0.25, 0.3) is 5.91 Å². The molecule has 0 unspecified atom stereocenters. The summed E-state index contributed by atoms with van der Waals surface area (Å²) in [7, 11) is -0.793. The normalized spacial score (nSPS) is 11.3. The zero-order valence-corrected chi connectivity index (χ0v) is 15.9. The molecule has 0 aliphatic rings. The van der Waals surface area contributed by atoms with Crippen LogP contribution in [0, 0.1) is 0 Å². The number of methoxy groups -OCH3 is 2. The van der Waals surface area contributed by atoms with Gasteiger partial charge in [-0.3, -0.25) is 4.79 Å². The number of nitrogens with one attached hydrogen (secondary N) is 2. The van der Waals surface area contributed by atoms with Crippen LogP contribution in [0.4, 0.5) is 5.69 Å². The smallest absolute Gasteiger partial charge is 0.259 e. The van der Waals surface area contributed by atoms with Crippen LogP contribution in [0.3, 0.4) is 0 Å². The van der Waals surface area contributed by atoms with E-state index in [1.807, 2.05) is 0 Å². The lowest BCUT2D eigenvalue weighted by atomic mass is 10.2. The van der Waals surface area contributed by atoms with Crippen LogP contribution >= 0.6 is 0 Å². The second-order valence-electron chi connectivity index (χ2n) is 5.79. The first-order valence-electron chi connectivity index (χ1n) is 7.93. The molecule has 0 heterocycles. The lowest BCUT2D eigenvalue weighted by Crippen LogP contribution is -2.30. The second-order valence-corrected chi connectivity index (χ2v) is 7.51. The Morgan fingerprint density at radius 2 is 1.65 bits per heavy atom.